The number of hydrogen-bond donors (Lipinski definition) is 1. The van der Waals surface area contributed by atoms with E-state index in [2.05, 4.69) is 37.6 Å². The Morgan fingerprint density at radius 1 is 1.36 bits per heavy atom. The molecule has 1 fully saturated rings. The van der Waals surface area contributed by atoms with E-state index in [1.807, 2.05) is 0 Å². The number of rotatable bonds is 3. The first-order valence-corrected chi connectivity index (χ1v) is 5.61. The molecule has 2 atom stereocenters. The van der Waals surface area contributed by atoms with Gasteiger partial charge in [0.1, 0.15) is 0 Å². The lowest BCUT2D eigenvalue weighted by Crippen LogP contribution is -2.52. The molecular weight excluding hydrogens is 176 g/mol. The normalized spacial score (nSPS) is 28.3. The number of β-amino-alcohol motifs (C(OH)–C–C–N with tert-alkyl or cyclic N) is 1. The molecule has 0 aliphatic carbocycles. The molecule has 1 heterocycles. The van der Waals surface area contributed by atoms with Gasteiger partial charge in [0.15, 0.2) is 0 Å². The molecule has 0 radical (unpaired) electrons. The van der Waals surface area contributed by atoms with Gasteiger partial charge in [-0.2, -0.15) is 0 Å². The number of likely N-dealkylation sites (N-methyl/N-ethyl adjacent to an activating group) is 1. The first-order chi connectivity index (χ1) is 6.50. The van der Waals surface area contributed by atoms with Crippen LogP contribution in [0.15, 0.2) is 0 Å². The van der Waals surface area contributed by atoms with E-state index in [1.54, 1.807) is 0 Å². The lowest BCUT2D eigenvalue weighted by atomic mass is 10.1. The summed E-state index contributed by atoms with van der Waals surface area (Å²) in [6.07, 6.45) is -0.180. The van der Waals surface area contributed by atoms with Crippen molar-refractivity contribution in [2.75, 3.05) is 33.2 Å². The first kappa shape index (κ1) is 12.0. The number of nitrogens with zero attached hydrogens (tertiary/aromatic N) is 2. The van der Waals surface area contributed by atoms with E-state index in [4.69, 9.17) is 0 Å². The Kier molecular flexibility index (Phi) is 4.35. The van der Waals surface area contributed by atoms with Crippen molar-refractivity contribution in [3.63, 3.8) is 0 Å². The lowest BCUT2D eigenvalue weighted by Gasteiger charge is -2.39. The van der Waals surface area contributed by atoms with E-state index in [9.17, 15) is 5.11 Å². The van der Waals surface area contributed by atoms with Gasteiger partial charge < -0.3 is 10.0 Å². The zero-order valence-electron chi connectivity index (χ0n) is 9.90. The second-order valence-electron chi connectivity index (χ2n) is 4.92. The fourth-order valence-electron chi connectivity index (χ4n) is 1.90. The SMILES string of the molecule is CC(C)C(O)CN1CCN(C)CC1C. The molecular formula is C11H24N2O. The van der Waals surface area contributed by atoms with Crippen LogP contribution in [0.3, 0.4) is 0 Å². The molecule has 1 saturated heterocycles. The van der Waals surface area contributed by atoms with Crippen LogP contribution in [0, 0.1) is 5.92 Å². The highest BCUT2D eigenvalue weighted by molar-refractivity contribution is 4.79. The van der Waals surface area contributed by atoms with Crippen molar-refractivity contribution in [2.24, 2.45) is 5.92 Å². The summed E-state index contributed by atoms with van der Waals surface area (Å²) in [5, 5.41) is 9.81. The van der Waals surface area contributed by atoms with E-state index >= 15 is 0 Å². The van der Waals surface area contributed by atoms with E-state index in [-0.39, 0.29) is 6.10 Å². The Bertz CT molecular complexity index is 173. The zero-order valence-corrected chi connectivity index (χ0v) is 9.90. The second-order valence-corrected chi connectivity index (χ2v) is 4.92. The fourth-order valence-corrected chi connectivity index (χ4v) is 1.90. The largest absolute Gasteiger partial charge is 0.392 e. The minimum Gasteiger partial charge on any atom is -0.392 e. The van der Waals surface area contributed by atoms with Crippen molar-refractivity contribution in [2.45, 2.75) is 32.9 Å². The highest BCUT2D eigenvalue weighted by Crippen LogP contribution is 2.11. The molecule has 2 unspecified atom stereocenters. The van der Waals surface area contributed by atoms with Crippen LogP contribution in [0.25, 0.3) is 0 Å². The van der Waals surface area contributed by atoms with Gasteiger partial charge in [-0.15, -0.1) is 0 Å². The fraction of sp³-hybridized carbons (Fsp3) is 1.00. The first-order valence-electron chi connectivity index (χ1n) is 5.61. The maximum Gasteiger partial charge on any atom is 0.0690 e. The van der Waals surface area contributed by atoms with Gasteiger partial charge in [0, 0.05) is 32.2 Å². The third-order valence-electron chi connectivity index (χ3n) is 3.16. The maximum atomic E-state index is 9.81. The summed E-state index contributed by atoms with van der Waals surface area (Å²) >= 11 is 0. The van der Waals surface area contributed by atoms with Crippen molar-refractivity contribution >= 4 is 0 Å². The van der Waals surface area contributed by atoms with E-state index < -0.39 is 0 Å². The highest BCUT2D eigenvalue weighted by atomic mass is 16.3. The molecule has 0 saturated carbocycles. The highest BCUT2D eigenvalue weighted by Gasteiger charge is 2.24. The zero-order chi connectivity index (χ0) is 10.7. The minimum atomic E-state index is -0.180. The predicted molar refractivity (Wildman–Crippen MR) is 59.4 cm³/mol. The van der Waals surface area contributed by atoms with Crippen LogP contribution >= 0.6 is 0 Å². The van der Waals surface area contributed by atoms with Crippen LogP contribution in [0.1, 0.15) is 20.8 Å². The smallest absolute Gasteiger partial charge is 0.0690 e. The van der Waals surface area contributed by atoms with Gasteiger partial charge in [0.2, 0.25) is 0 Å². The van der Waals surface area contributed by atoms with Gasteiger partial charge in [-0.1, -0.05) is 13.8 Å². The maximum absolute atomic E-state index is 9.81. The number of aliphatic hydroxyl groups excluding tert-OH is 1. The molecule has 0 spiro atoms. The summed E-state index contributed by atoms with van der Waals surface area (Å²) < 4.78 is 0. The summed E-state index contributed by atoms with van der Waals surface area (Å²) in [4.78, 5) is 4.74. The second kappa shape index (κ2) is 5.10. The van der Waals surface area contributed by atoms with Crippen molar-refractivity contribution in [3.8, 4) is 0 Å². The lowest BCUT2D eigenvalue weighted by molar-refractivity contribution is 0.0292. The van der Waals surface area contributed by atoms with Gasteiger partial charge in [-0.25, -0.2) is 0 Å². The monoisotopic (exact) mass is 200 g/mol. The molecule has 0 amide bonds. The Labute approximate surface area is 87.7 Å². The molecule has 0 aromatic heterocycles. The van der Waals surface area contributed by atoms with Crippen LogP contribution in [-0.4, -0.2) is 60.3 Å². The van der Waals surface area contributed by atoms with Gasteiger partial charge in [0.05, 0.1) is 6.10 Å². The summed E-state index contributed by atoms with van der Waals surface area (Å²) in [6.45, 7) is 10.5. The molecule has 1 aliphatic rings. The molecule has 3 heteroatoms. The average molecular weight is 200 g/mol. The number of aliphatic hydroxyl groups is 1. The van der Waals surface area contributed by atoms with Crippen molar-refractivity contribution < 1.29 is 5.11 Å². The van der Waals surface area contributed by atoms with Crippen molar-refractivity contribution in [1.29, 1.82) is 0 Å². The van der Waals surface area contributed by atoms with Crippen LogP contribution in [0.2, 0.25) is 0 Å². The third kappa shape index (κ3) is 3.23. The molecule has 0 aromatic carbocycles. The summed E-state index contributed by atoms with van der Waals surface area (Å²) in [7, 11) is 2.16. The van der Waals surface area contributed by atoms with Gasteiger partial charge in [-0.3, -0.25) is 4.90 Å². The molecule has 0 bridgehead atoms. The summed E-state index contributed by atoms with van der Waals surface area (Å²) in [5.74, 6) is 0.363. The molecule has 1 aliphatic heterocycles. The molecule has 84 valence electrons. The van der Waals surface area contributed by atoms with Crippen LogP contribution in [0.4, 0.5) is 0 Å². The standard InChI is InChI=1S/C11H24N2O/c1-9(2)11(14)8-13-6-5-12(4)7-10(13)3/h9-11,14H,5-8H2,1-4H3. The Morgan fingerprint density at radius 3 is 2.50 bits per heavy atom. The van der Waals surface area contributed by atoms with Crippen molar-refractivity contribution in [3.05, 3.63) is 0 Å². The number of hydrogen-bond acceptors (Lipinski definition) is 3. The topological polar surface area (TPSA) is 26.7 Å². The van der Waals surface area contributed by atoms with Gasteiger partial charge in [-0.05, 0) is 19.9 Å². The predicted octanol–water partition coefficient (Wildman–Crippen LogP) is 0.639. The molecule has 0 aromatic rings. The Morgan fingerprint density at radius 2 is 2.00 bits per heavy atom. The van der Waals surface area contributed by atoms with E-state index in [0.29, 0.717) is 12.0 Å². The van der Waals surface area contributed by atoms with Crippen LogP contribution in [0.5, 0.6) is 0 Å². The third-order valence-corrected chi connectivity index (χ3v) is 3.16. The Hall–Kier alpha value is -0.120. The van der Waals surface area contributed by atoms with Crippen LogP contribution in [-0.2, 0) is 0 Å². The molecule has 14 heavy (non-hydrogen) atoms. The van der Waals surface area contributed by atoms with Crippen LogP contribution < -0.4 is 0 Å². The molecule has 1 rings (SSSR count). The summed E-state index contributed by atoms with van der Waals surface area (Å²) in [6, 6.07) is 0.571. The molecule has 1 N–H and O–H groups in total. The van der Waals surface area contributed by atoms with Gasteiger partial charge >= 0.3 is 0 Å². The van der Waals surface area contributed by atoms with E-state index in [1.165, 1.54) is 0 Å². The molecule has 3 nitrogen and oxygen atoms in total. The summed E-state index contributed by atoms with van der Waals surface area (Å²) in [5.41, 5.74) is 0. The van der Waals surface area contributed by atoms with Gasteiger partial charge in [0.25, 0.3) is 0 Å². The minimum absolute atomic E-state index is 0.180. The Balaban J connectivity index is 2.37. The quantitative estimate of drug-likeness (QED) is 0.724. The average Bonchev–Trinajstić information content (AvgIpc) is 2.09. The number of piperazine rings is 1. The van der Waals surface area contributed by atoms with Crippen molar-refractivity contribution in [1.82, 2.24) is 9.80 Å². The van der Waals surface area contributed by atoms with E-state index in [0.717, 1.165) is 26.2 Å².